The second kappa shape index (κ2) is 3.92. The summed E-state index contributed by atoms with van der Waals surface area (Å²) in [6, 6.07) is 8.86. The maximum absolute atomic E-state index is 11.4. The predicted octanol–water partition coefficient (Wildman–Crippen LogP) is 0.832. The monoisotopic (exact) mass is 223 g/mol. The number of benzene rings is 1. The molecule has 0 bridgehead atoms. The fraction of sp³-hybridized carbons (Fsp3) is 0.111. The van der Waals surface area contributed by atoms with Gasteiger partial charge in [-0.15, -0.1) is 0 Å². The van der Waals surface area contributed by atoms with Crippen LogP contribution in [0.4, 0.5) is 4.79 Å². The molecule has 2 rings (SSSR count). The maximum atomic E-state index is 11.4. The van der Waals surface area contributed by atoms with Crippen molar-refractivity contribution in [3.63, 3.8) is 0 Å². The molecule has 5 nitrogen and oxygen atoms in total. The molecule has 1 aliphatic rings. The number of hydrogen-bond donors (Lipinski definition) is 1. The van der Waals surface area contributed by atoms with Crippen LogP contribution >= 0.6 is 11.9 Å². The Morgan fingerprint density at radius 1 is 1.20 bits per heavy atom. The Balaban J connectivity index is 2.09. The van der Waals surface area contributed by atoms with Crippen LogP contribution in [0, 0.1) is 0 Å². The first-order valence-electron chi connectivity index (χ1n) is 4.30. The first-order chi connectivity index (χ1) is 7.18. The molecule has 0 radical (unpaired) electrons. The van der Waals surface area contributed by atoms with Crippen molar-refractivity contribution < 1.29 is 9.59 Å². The fourth-order valence-electron chi connectivity index (χ4n) is 1.17. The van der Waals surface area contributed by atoms with Crippen molar-refractivity contribution in [2.24, 2.45) is 5.84 Å². The number of imide groups is 1. The number of carbonyl (C=O) groups is 2. The predicted molar refractivity (Wildman–Crippen MR) is 55.4 cm³/mol. The summed E-state index contributed by atoms with van der Waals surface area (Å²) in [5.74, 6) is 4.86. The molecule has 15 heavy (non-hydrogen) atoms. The van der Waals surface area contributed by atoms with Crippen molar-refractivity contribution in [2.75, 3.05) is 6.54 Å². The van der Waals surface area contributed by atoms with E-state index >= 15 is 0 Å². The van der Waals surface area contributed by atoms with Gasteiger partial charge < -0.3 is 0 Å². The average Bonchev–Trinajstić information content (AvgIpc) is 2.48. The van der Waals surface area contributed by atoms with E-state index in [1.807, 2.05) is 30.3 Å². The molecule has 6 heteroatoms. The second-order valence-corrected chi connectivity index (χ2v) is 4.08. The number of rotatable bonds is 2. The van der Waals surface area contributed by atoms with Gasteiger partial charge in [0.15, 0.2) is 0 Å². The number of nitrogens with two attached hydrogens (primary N) is 1. The standard InChI is InChI=1S/C9H9N3O2S/c10-12-8(13)6-11(9(12)14)15-7-4-2-1-3-5-7/h1-5H,6,10H2. The van der Waals surface area contributed by atoms with Crippen LogP contribution in [0.25, 0.3) is 0 Å². The summed E-state index contributed by atoms with van der Waals surface area (Å²) in [5, 5.41) is 0.635. The van der Waals surface area contributed by atoms with E-state index in [9.17, 15) is 9.59 Å². The third-order valence-electron chi connectivity index (χ3n) is 1.93. The SMILES string of the molecule is NN1C(=O)CN(Sc2ccccc2)C1=O. The van der Waals surface area contributed by atoms with Gasteiger partial charge >= 0.3 is 6.03 Å². The van der Waals surface area contributed by atoms with E-state index in [4.69, 9.17) is 5.84 Å². The molecule has 2 N–H and O–H groups in total. The summed E-state index contributed by atoms with van der Waals surface area (Å²) in [5.41, 5.74) is 0. The van der Waals surface area contributed by atoms with Crippen molar-refractivity contribution in [3.05, 3.63) is 30.3 Å². The molecule has 1 saturated heterocycles. The Kier molecular flexibility index (Phi) is 2.61. The highest BCUT2D eigenvalue weighted by atomic mass is 32.2. The summed E-state index contributed by atoms with van der Waals surface area (Å²) in [6.07, 6.45) is 0. The lowest BCUT2D eigenvalue weighted by Crippen LogP contribution is -2.37. The lowest BCUT2D eigenvalue weighted by atomic mass is 10.4. The van der Waals surface area contributed by atoms with Gasteiger partial charge in [-0.1, -0.05) is 18.2 Å². The van der Waals surface area contributed by atoms with Crippen molar-refractivity contribution in [2.45, 2.75) is 4.90 Å². The molecule has 1 aliphatic heterocycles. The van der Waals surface area contributed by atoms with E-state index in [1.165, 1.54) is 16.3 Å². The van der Waals surface area contributed by atoms with Gasteiger partial charge in [0.2, 0.25) is 0 Å². The minimum atomic E-state index is -0.478. The topological polar surface area (TPSA) is 66.6 Å². The first kappa shape index (κ1) is 10.0. The van der Waals surface area contributed by atoms with Gasteiger partial charge in [0, 0.05) is 4.90 Å². The minimum Gasteiger partial charge on any atom is -0.271 e. The second-order valence-electron chi connectivity index (χ2n) is 2.99. The van der Waals surface area contributed by atoms with Crippen LogP contribution in [0.3, 0.4) is 0 Å². The largest absolute Gasteiger partial charge is 0.352 e. The highest BCUT2D eigenvalue weighted by Crippen LogP contribution is 2.25. The molecule has 0 spiro atoms. The number of hydrazine groups is 1. The van der Waals surface area contributed by atoms with E-state index in [-0.39, 0.29) is 12.5 Å². The van der Waals surface area contributed by atoms with Crippen LogP contribution in [0.1, 0.15) is 0 Å². The fourth-order valence-corrected chi connectivity index (χ4v) is 2.05. The number of nitrogens with zero attached hydrogens (tertiary/aromatic N) is 2. The summed E-state index contributed by atoms with van der Waals surface area (Å²) in [7, 11) is 0. The van der Waals surface area contributed by atoms with E-state index < -0.39 is 6.03 Å². The Hall–Kier alpha value is -1.53. The van der Waals surface area contributed by atoms with Crippen molar-refractivity contribution in [1.29, 1.82) is 0 Å². The van der Waals surface area contributed by atoms with Gasteiger partial charge in [-0.25, -0.2) is 10.6 Å². The van der Waals surface area contributed by atoms with Gasteiger partial charge in [-0.3, -0.25) is 9.10 Å². The molecule has 3 amide bonds. The normalized spacial score (nSPS) is 16.3. The van der Waals surface area contributed by atoms with Gasteiger partial charge in [0.1, 0.15) is 6.54 Å². The van der Waals surface area contributed by atoms with E-state index in [2.05, 4.69) is 0 Å². The zero-order valence-corrected chi connectivity index (χ0v) is 8.61. The zero-order valence-electron chi connectivity index (χ0n) is 7.79. The van der Waals surface area contributed by atoms with Gasteiger partial charge in [0.25, 0.3) is 5.91 Å². The summed E-state index contributed by atoms with van der Waals surface area (Å²) in [6.45, 7) is 0.0227. The minimum absolute atomic E-state index is 0.0227. The van der Waals surface area contributed by atoms with Crippen LogP contribution in [-0.2, 0) is 4.79 Å². The molecule has 78 valence electrons. The third kappa shape index (κ3) is 1.95. The summed E-state index contributed by atoms with van der Waals surface area (Å²) >= 11 is 1.21. The van der Waals surface area contributed by atoms with Crippen LogP contribution < -0.4 is 5.84 Å². The summed E-state index contributed by atoms with van der Waals surface area (Å²) < 4.78 is 1.33. The van der Waals surface area contributed by atoms with Crippen LogP contribution in [0.5, 0.6) is 0 Å². The van der Waals surface area contributed by atoms with Crippen LogP contribution in [-0.4, -0.2) is 27.8 Å². The average molecular weight is 223 g/mol. The molecule has 0 aromatic heterocycles. The lowest BCUT2D eigenvalue weighted by molar-refractivity contribution is -0.125. The Morgan fingerprint density at radius 2 is 1.87 bits per heavy atom. The Morgan fingerprint density at radius 3 is 2.40 bits per heavy atom. The lowest BCUT2D eigenvalue weighted by Gasteiger charge is -2.12. The zero-order chi connectivity index (χ0) is 10.8. The van der Waals surface area contributed by atoms with Crippen LogP contribution in [0.15, 0.2) is 35.2 Å². The van der Waals surface area contributed by atoms with Crippen molar-refractivity contribution in [3.8, 4) is 0 Å². The highest BCUT2D eigenvalue weighted by molar-refractivity contribution is 7.97. The molecule has 1 aromatic carbocycles. The molecular formula is C9H9N3O2S. The smallest absolute Gasteiger partial charge is 0.271 e. The summed E-state index contributed by atoms with van der Waals surface area (Å²) in [4.78, 5) is 23.4. The first-order valence-corrected chi connectivity index (χ1v) is 5.08. The molecule has 0 saturated carbocycles. The molecule has 1 fully saturated rings. The molecule has 0 atom stereocenters. The van der Waals surface area contributed by atoms with Crippen LogP contribution in [0.2, 0.25) is 0 Å². The van der Waals surface area contributed by atoms with E-state index in [0.29, 0.717) is 5.01 Å². The quantitative estimate of drug-likeness (QED) is 0.349. The molecule has 1 heterocycles. The highest BCUT2D eigenvalue weighted by Gasteiger charge is 2.34. The van der Waals surface area contributed by atoms with Gasteiger partial charge in [-0.05, 0) is 24.1 Å². The van der Waals surface area contributed by atoms with Gasteiger partial charge in [-0.2, -0.15) is 5.01 Å². The Labute approximate surface area is 90.9 Å². The van der Waals surface area contributed by atoms with Crippen molar-refractivity contribution in [1.82, 2.24) is 9.31 Å². The Bertz CT molecular complexity index is 396. The molecular weight excluding hydrogens is 214 g/mol. The number of hydrogen-bond acceptors (Lipinski definition) is 4. The van der Waals surface area contributed by atoms with Crippen molar-refractivity contribution >= 4 is 23.9 Å². The number of urea groups is 1. The van der Waals surface area contributed by atoms with Gasteiger partial charge in [0.05, 0.1) is 0 Å². The molecule has 0 aliphatic carbocycles. The molecule has 1 aromatic rings. The maximum Gasteiger partial charge on any atom is 0.352 e. The van der Waals surface area contributed by atoms with E-state index in [0.717, 1.165) is 4.90 Å². The van der Waals surface area contributed by atoms with E-state index in [1.54, 1.807) is 0 Å². The number of amides is 3. The molecule has 0 unspecified atom stereocenters. The number of carbonyl (C=O) groups excluding carboxylic acids is 2. The third-order valence-corrected chi connectivity index (χ3v) is 2.91.